The highest BCUT2D eigenvalue weighted by Crippen LogP contribution is 2.14. The molecule has 0 saturated carbocycles. The molecule has 0 atom stereocenters. The third-order valence-corrected chi connectivity index (χ3v) is 2.53. The lowest BCUT2D eigenvalue weighted by atomic mass is 10.2. The van der Waals surface area contributed by atoms with Crippen LogP contribution in [0.3, 0.4) is 0 Å². The van der Waals surface area contributed by atoms with Gasteiger partial charge < -0.3 is 5.32 Å². The van der Waals surface area contributed by atoms with E-state index in [0.717, 1.165) is 0 Å². The van der Waals surface area contributed by atoms with Gasteiger partial charge in [-0.1, -0.05) is 26.0 Å². The second-order valence-electron chi connectivity index (χ2n) is 4.85. The van der Waals surface area contributed by atoms with Gasteiger partial charge in [-0.25, -0.2) is 4.39 Å². The van der Waals surface area contributed by atoms with Crippen LogP contribution in [0.4, 0.5) is 4.39 Å². The molecule has 1 amide bonds. The summed E-state index contributed by atoms with van der Waals surface area (Å²) in [7, 11) is 0. The van der Waals surface area contributed by atoms with E-state index in [2.05, 4.69) is 20.7 Å². The zero-order chi connectivity index (χ0) is 14.5. The van der Waals surface area contributed by atoms with E-state index in [9.17, 15) is 9.18 Å². The monoisotopic (exact) mass is 277 g/mol. The van der Waals surface area contributed by atoms with Crippen LogP contribution >= 0.6 is 0 Å². The molecule has 0 bridgehead atoms. The van der Waals surface area contributed by atoms with Gasteiger partial charge in [0.05, 0.1) is 0 Å². The zero-order valence-electron chi connectivity index (χ0n) is 11.4. The fourth-order valence-electron chi connectivity index (χ4n) is 1.56. The number of nitrogens with zero attached hydrogens (tertiary/aromatic N) is 4. The van der Waals surface area contributed by atoms with Crippen LogP contribution in [0.2, 0.25) is 0 Å². The summed E-state index contributed by atoms with van der Waals surface area (Å²) in [6.45, 7) is 4.62. The third-order valence-electron chi connectivity index (χ3n) is 2.53. The van der Waals surface area contributed by atoms with Crippen molar-refractivity contribution < 1.29 is 9.18 Å². The number of tetrazole rings is 1. The Labute approximate surface area is 116 Å². The number of aromatic nitrogens is 4. The first-order valence-corrected chi connectivity index (χ1v) is 6.35. The van der Waals surface area contributed by atoms with Gasteiger partial charge in [0.1, 0.15) is 12.4 Å². The van der Waals surface area contributed by atoms with Gasteiger partial charge in [0, 0.05) is 12.1 Å². The van der Waals surface area contributed by atoms with E-state index >= 15 is 0 Å². The average Bonchev–Trinajstić information content (AvgIpc) is 2.85. The number of carbonyl (C=O) groups excluding carboxylic acids is 1. The molecule has 0 aliphatic rings. The van der Waals surface area contributed by atoms with E-state index in [1.807, 2.05) is 13.8 Å². The van der Waals surface area contributed by atoms with Crippen molar-refractivity contribution >= 4 is 5.91 Å². The van der Waals surface area contributed by atoms with E-state index in [-0.39, 0.29) is 18.3 Å². The Morgan fingerprint density at radius 2 is 2.25 bits per heavy atom. The first-order chi connectivity index (χ1) is 9.54. The minimum atomic E-state index is -0.367. The molecule has 1 N–H and O–H groups in total. The molecular formula is C13H16FN5O. The van der Waals surface area contributed by atoms with Crippen LogP contribution in [-0.4, -0.2) is 32.7 Å². The molecule has 0 aliphatic heterocycles. The summed E-state index contributed by atoms with van der Waals surface area (Å²) in [6.07, 6.45) is 0. The Kier molecular flexibility index (Phi) is 4.39. The Balaban J connectivity index is 2.00. The number of hydrogen-bond acceptors (Lipinski definition) is 4. The van der Waals surface area contributed by atoms with Crippen molar-refractivity contribution in [3.05, 3.63) is 30.1 Å². The summed E-state index contributed by atoms with van der Waals surface area (Å²) in [5, 5.41) is 14.4. The molecule has 6 nitrogen and oxygen atoms in total. The molecule has 0 spiro atoms. The zero-order valence-corrected chi connectivity index (χ0v) is 11.4. The van der Waals surface area contributed by atoms with Gasteiger partial charge in [-0.05, 0) is 23.3 Å². The standard InChI is InChI=1S/C13H16FN5O/c1-9(2)7-15-12(20)8-19-17-13(16-18-19)10-4-3-5-11(14)6-10/h3-6,9H,7-8H2,1-2H3,(H,15,20). The first-order valence-electron chi connectivity index (χ1n) is 6.35. The summed E-state index contributed by atoms with van der Waals surface area (Å²) < 4.78 is 13.1. The predicted molar refractivity (Wildman–Crippen MR) is 71.1 cm³/mol. The molecule has 0 radical (unpaired) electrons. The number of halogens is 1. The van der Waals surface area contributed by atoms with Crippen LogP contribution < -0.4 is 5.32 Å². The lowest BCUT2D eigenvalue weighted by Gasteiger charge is -2.06. The first kappa shape index (κ1) is 14.1. The predicted octanol–water partition coefficient (Wildman–Crippen LogP) is 1.25. The highest BCUT2D eigenvalue weighted by molar-refractivity contribution is 5.75. The number of nitrogens with one attached hydrogen (secondary N) is 1. The summed E-state index contributed by atoms with van der Waals surface area (Å²) >= 11 is 0. The summed E-state index contributed by atoms with van der Waals surface area (Å²) in [6, 6.07) is 5.91. The average molecular weight is 277 g/mol. The number of amides is 1. The topological polar surface area (TPSA) is 72.7 Å². The van der Waals surface area contributed by atoms with Gasteiger partial charge in [0.2, 0.25) is 11.7 Å². The fourth-order valence-corrected chi connectivity index (χ4v) is 1.56. The molecule has 2 aromatic rings. The highest BCUT2D eigenvalue weighted by Gasteiger charge is 2.09. The molecule has 0 unspecified atom stereocenters. The van der Waals surface area contributed by atoms with Gasteiger partial charge in [-0.2, -0.15) is 4.80 Å². The van der Waals surface area contributed by atoms with Crippen molar-refractivity contribution in [2.75, 3.05) is 6.54 Å². The Morgan fingerprint density at radius 1 is 1.45 bits per heavy atom. The van der Waals surface area contributed by atoms with Crippen LogP contribution in [0.25, 0.3) is 11.4 Å². The minimum Gasteiger partial charge on any atom is -0.354 e. The molecule has 20 heavy (non-hydrogen) atoms. The van der Waals surface area contributed by atoms with Crippen LogP contribution in [0, 0.1) is 11.7 Å². The van der Waals surface area contributed by atoms with E-state index in [0.29, 0.717) is 23.9 Å². The van der Waals surface area contributed by atoms with E-state index in [1.54, 1.807) is 12.1 Å². The molecule has 0 aliphatic carbocycles. The van der Waals surface area contributed by atoms with Crippen molar-refractivity contribution in [3.8, 4) is 11.4 Å². The van der Waals surface area contributed by atoms with Crippen LogP contribution in [0.15, 0.2) is 24.3 Å². The minimum absolute atomic E-state index is 0.00492. The molecule has 7 heteroatoms. The lowest BCUT2D eigenvalue weighted by molar-refractivity contribution is -0.122. The van der Waals surface area contributed by atoms with Gasteiger partial charge in [0.15, 0.2) is 0 Å². The lowest BCUT2D eigenvalue weighted by Crippen LogP contribution is -2.31. The van der Waals surface area contributed by atoms with Gasteiger partial charge in [0.25, 0.3) is 0 Å². The van der Waals surface area contributed by atoms with E-state index in [1.165, 1.54) is 16.9 Å². The largest absolute Gasteiger partial charge is 0.354 e. The molecular weight excluding hydrogens is 261 g/mol. The van der Waals surface area contributed by atoms with Crippen molar-refractivity contribution in [1.82, 2.24) is 25.5 Å². The maximum Gasteiger partial charge on any atom is 0.243 e. The smallest absolute Gasteiger partial charge is 0.243 e. The summed E-state index contributed by atoms with van der Waals surface area (Å²) in [5.41, 5.74) is 0.527. The fraction of sp³-hybridized carbons (Fsp3) is 0.385. The summed E-state index contributed by atoms with van der Waals surface area (Å²) in [4.78, 5) is 12.8. The SMILES string of the molecule is CC(C)CNC(=O)Cn1nnc(-c2cccc(F)c2)n1. The van der Waals surface area contributed by atoms with Gasteiger partial charge >= 0.3 is 0 Å². The summed E-state index contributed by atoms with van der Waals surface area (Å²) in [5.74, 6) is 0.127. The van der Waals surface area contributed by atoms with Crippen molar-refractivity contribution in [3.63, 3.8) is 0 Å². The second-order valence-corrected chi connectivity index (χ2v) is 4.85. The Hall–Kier alpha value is -2.31. The van der Waals surface area contributed by atoms with Crippen molar-refractivity contribution in [1.29, 1.82) is 0 Å². The third kappa shape index (κ3) is 3.84. The number of hydrogen-bond donors (Lipinski definition) is 1. The molecule has 0 saturated heterocycles. The number of carbonyl (C=O) groups is 1. The molecule has 106 valence electrons. The van der Waals surface area contributed by atoms with Crippen LogP contribution in [0.5, 0.6) is 0 Å². The molecule has 1 heterocycles. The van der Waals surface area contributed by atoms with Crippen molar-refractivity contribution in [2.45, 2.75) is 20.4 Å². The molecule has 0 fully saturated rings. The normalized spacial score (nSPS) is 10.8. The molecule has 1 aromatic heterocycles. The number of benzene rings is 1. The van der Waals surface area contributed by atoms with Gasteiger partial charge in [-0.15, -0.1) is 10.2 Å². The number of rotatable bonds is 5. The molecule has 1 aromatic carbocycles. The Morgan fingerprint density at radius 3 is 2.95 bits per heavy atom. The molecule has 2 rings (SSSR count). The van der Waals surface area contributed by atoms with Gasteiger partial charge in [-0.3, -0.25) is 4.79 Å². The highest BCUT2D eigenvalue weighted by atomic mass is 19.1. The maximum absolute atomic E-state index is 13.1. The van der Waals surface area contributed by atoms with Crippen molar-refractivity contribution in [2.24, 2.45) is 5.92 Å². The maximum atomic E-state index is 13.1. The van der Waals surface area contributed by atoms with Crippen LogP contribution in [-0.2, 0) is 11.3 Å². The van der Waals surface area contributed by atoms with E-state index < -0.39 is 0 Å². The van der Waals surface area contributed by atoms with E-state index in [4.69, 9.17) is 0 Å². The van der Waals surface area contributed by atoms with Crippen LogP contribution in [0.1, 0.15) is 13.8 Å². The second kappa shape index (κ2) is 6.23. The Bertz CT molecular complexity index is 596. The quantitative estimate of drug-likeness (QED) is 0.892.